The lowest BCUT2D eigenvalue weighted by Crippen LogP contribution is -2.42. The van der Waals surface area contributed by atoms with Crippen LogP contribution in [-0.2, 0) is 9.53 Å². The zero-order chi connectivity index (χ0) is 13.5. The molecule has 1 fully saturated rings. The number of benzene rings is 1. The smallest absolute Gasteiger partial charge is 0.254 e. The van der Waals surface area contributed by atoms with Crippen LogP contribution in [0.15, 0.2) is 35.4 Å². The number of hydrogen-bond donors (Lipinski definition) is 1. The molecule has 0 radical (unpaired) electrons. The maximum Gasteiger partial charge on any atom is 0.254 e. The minimum Gasteiger partial charge on any atom is -0.379 e. The number of nitrogens with zero attached hydrogens (tertiary/aromatic N) is 2. The lowest BCUT2D eigenvalue weighted by molar-refractivity contribution is -0.123. The molecule has 5 nitrogen and oxygen atoms in total. The SMILES string of the molecule is C/C(=N/NC(=O)CN1CCOCC1)c1ccccc1. The van der Waals surface area contributed by atoms with Gasteiger partial charge in [-0.15, -0.1) is 0 Å². The molecule has 1 aliphatic rings. The lowest BCUT2D eigenvalue weighted by Gasteiger charge is -2.25. The van der Waals surface area contributed by atoms with Gasteiger partial charge in [-0.2, -0.15) is 5.10 Å². The van der Waals surface area contributed by atoms with Gasteiger partial charge in [-0.05, 0) is 12.5 Å². The van der Waals surface area contributed by atoms with E-state index in [1.165, 1.54) is 0 Å². The Hall–Kier alpha value is -1.72. The molecule has 0 saturated carbocycles. The van der Waals surface area contributed by atoms with Gasteiger partial charge in [-0.3, -0.25) is 9.69 Å². The predicted octanol–water partition coefficient (Wildman–Crippen LogP) is 0.859. The molecule has 0 aliphatic carbocycles. The van der Waals surface area contributed by atoms with E-state index in [-0.39, 0.29) is 5.91 Å². The van der Waals surface area contributed by atoms with Gasteiger partial charge in [-0.25, -0.2) is 5.43 Å². The van der Waals surface area contributed by atoms with Crippen LogP contribution in [0.3, 0.4) is 0 Å². The molecule has 1 amide bonds. The molecule has 1 aromatic carbocycles. The Labute approximate surface area is 113 Å². The molecule has 1 saturated heterocycles. The van der Waals surface area contributed by atoms with Crippen molar-refractivity contribution in [3.63, 3.8) is 0 Å². The number of carbonyl (C=O) groups excluding carboxylic acids is 1. The Morgan fingerprint density at radius 2 is 2.00 bits per heavy atom. The van der Waals surface area contributed by atoms with Gasteiger partial charge in [0.1, 0.15) is 0 Å². The van der Waals surface area contributed by atoms with Gasteiger partial charge in [0, 0.05) is 13.1 Å². The Morgan fingerprint density at radius 3 is 2.68 bits per heavy atom. The van der Waals surface area contributed by atoms with E-state index in [2.05, 4.69) is 15.4 Å². The van der Waals surface area contributed by atoms with Gasteiger partial charge in [-0.1, -0.05) is 30.3 Å². The molecule has 0 atom stereocenters. The van der Waals surface area contributed by atoms with Crippen molar-refractivity contribution in [1.82, 2.24) is 10.3 Å². The highest BCUT2D eigenvalue weighted by Crippen LogP contribution is 2.00. The summed E-state index contributed by atoms with van der Waals surface area (Å²) in [6.07, 6.45) is 0. The summed E-state index contributed by atoms with van der Waals surface area (Å²) in [6.45, 7) is 5.24. The minimum atomic E-state index is -0.0859. The highest BCUT2D eigenvalue weighted by Gasteiger charge is 2.13. The van der Waals surface area contributed by atoms with Gasteiger partial charge in [0.05, 0.1) is 25.5 Å². The average molecular weight is 261 g/mol. The van der Waals surface area contributed by atoms with Gasteiger partial charge < -0.3 is 4.74 Å². The van der Waals surface area contributed by atoms with E-state index in [1.807, 2.05) is 37.3 Å². The maximum absolute atomic E-state index is 11.7. The maximum atomic E-state index is 11.7. The summed E-state index contributed by atoms with van der Waals surface area (Å²) in [5.74, 6) is -0.0859. The van der Waals surface area contributed by atoms with Crippen molar-refractivity contribution in [1.29, 1.82) is 0 Å². The standard InChI is InChI=1S/C14H19N3O2/c1-12(13-5-3-2-4-6-13)15-16-14(18)11-17-7-9-19-10-8-17/h2-6H,7-11H2,1H3,(H,16,18)/b15-12-. The van der Waals surface area contributed by atoms with E-state index >= 15 is 0 Å². The summed E-state index contributed by atoms with van der Waals surface area (Å²) < 4.78 is 5.24. The second-order valence-corrected chi connectivity index (χ2v) is 4.49. The van der Waals surface area contributed by atoms with Crippen LogP contribution in [-0.4, -0.2) is 49.4 Å². The lowest BCUT2D eigenvalue weighted by atomic mass is 10.1. The molecule has 0 aromatic heterocycles. The molecule has 0 unspecified atom stereocenters. The normalized spacial score (nSPS) is 17.2. The molecule has 5 heteroatoms. The number of amides is 1. The van der Waals surface area contributed by atoms with Crippen LogP contribution in [0, 0.1) is 0 Å². The molecule has 0 spiro atoms. The van der Waals surface area contributed by atoms with E-state index < -0.39 is 0 Å². The van der Waals surface area contributed by atoms with Crippen LogP contribution in [0.1, 0.15) is 12.5 Å². The largest absolute Gasteiger partial charge is 0.379 e. The zero-order valence-corrected chi connectivity index (χ0v) is 11.1. The summed E-state index contributed by atoms with van der Waals surface area (Å²) in [7, 11) is 0. The molecule has 1 aromatic rings. The molecular weight excluding hydrogens is 242 g/mol. The molecule has 19 heavy (non-hydrogen) atoms. The third-order valence-corrected chi connectivity index (χ3v) is 3.01. The van der Waals surface area contributed by atoms with Gasteiger partial charge in [0.2, 0.25) is 0 Å². The number of rotatable bonds is 4. The zero-order valence-electron chi connectivity index (χ0n) is 11.1. The van der Waals surface area contributed by atoms with Crippen LogP contribution in [0.5, 0.6) is 0 Å². The van der Waals surface area contributed by atoms with E-state index in [0.717, 1.165) is 24.4 Å². The number of hydrazone groups is 1. The van der Waals surface area contributed by atoms with Gasteiger partial charge in [0.25, 0.3) is 5.91 Å². The number of morpholine rings is 1. The topological polar surface area (TPSA) is 53.9 Å². The van der Waals surface area contributed by atoms with Gasteiger partial charge >= 0.3 is 0 Å². The summed E-state index contributed by atoms with van der Waals surface area (Å²) >= 11 is 0. The minimum absolute atomic E-state index is 0.0859. The van der Waals surface area contributed by atoms with Crippen molar-refractivity contribution >= 4 is 11.6 Å². The number of ether oxygens (including phenoxy) is 1. The van der Waals surface area contributed by atoms with E-state index in [9.17, 15) is 4.79 Å². The Bertz CT molecular complexity index is 439. The Balaban J connectivity index is 1.82. The molecule has 1 aliphatic heterocycles. The molecule has 1 heterocycles. The molecule has 102 valence electrons. The summed E-state index contributed by atoms with van der Waals surface area (Å²) in [6, 6.07) is 9.78. The number of carbonyl (C=O) groups is 1. The predicted molar refractivity (Wildman–Crippen MR) is 74.1 cm³/mol. The number of nitrogens with one attached hydrogen (secondary N) is 1. The fraction of sp³-hybridized carbons (Fsp3) is 0.429. The summed E-state index contributed by atoms with van der Waals surface area (Å²) in [5, 5.41) is 4.12. The first-order chi connectivity index (χ1) is 9.25. The van der Waals surface area contributed by atoms with E-state index in [4.69, 9.17) is 4.74 Å². The Kier molecular flexibility index (Phi) is 5.06. The second kappa shape index (κ2) is 7.01. The van der Waals surface area contributed by atoms with E-state index in [0.29, 0.717) is 19.8 Å². The summed E-state index contributed by atoms with van der Waals surface area (Å²) in [4.78, 5) is 13.8. The Morgan fingerprint density at radius 1 is 1.32 bits per heavy atom. The molecule has 0 bridgehead atoms. The van der Waals surface area contributed by atoms with E-state index in [1.54, 1.807) is 0 Å². The fourth-order valence-electron chi connectivity index (χ4n) is 1.89. The van der Waals surface area contributed by atoms with Crippen molar-refractivity contribution in [2.45, 2.75) is 6.92 Å². The quantitative estimate of drug-likeness (QED) is 0.646. The first-order valence-electron chi connectivity index (χ1n) is 6.44. The van der Waals surface area contributed by atoms with Crippen molar-refractivity contribution < 1.29 is 9.53 Å². The third-order valence-electron chi connectivity index (χ3n) is 3.01. The summed E-state index contributed by atoms with van der Waals surface area (Å²) in [5.41, 5.74) is 4.41. The monoisotopic (exact) mass is 261 g/mol. The van der Waals surface area contributed by atoms with Crippen LogP contribution in [0.2, 0.25) is 0 Å². The number of hydrogen-bond acceptors (Lipinski definition) is 4. The van der Waals surface area contributed by atoms with Crippen LogP contribution < -0.4 is 5.43 Å². The van der Waals surface area contributed by atoms with Crippen molar-refractivity contribution in [3.05, 3.63) is 35.9 Å². The highest BCUT2D eigenvalue weighted by molar-refractivity contribution is 5.99. The second-order valence-electron chi connectivity index (χ2n) is 4.49. The van der Waals surface area contributed by atoms with Crippen molar-refractivity contribution in [2.24, 2.45) is 5.10 Å². The highest BCUT2D eigenvalue weighted by atomic mass is 16.5. The molecular formula is C14H19N3O2. The first-order valence-corrected chi connectivity index (χ1v) is 6.44. The fourth-order valence-corrected chi connectivity index (χ4v) is 1.89. The van der Waals surface area contributed by atoms with Gasteiger partial charge in [0.15, 0.2) is 0 Å². The van der Waals surface area contributed by atoms with Crippen LogP contribution >= 0.6 is 0 Å². The van der Waals surface area contributed by atoms with Crippen LogP contribution in [0.25, 0.3) is 0 Å². The average Bonchev–Trinajstić information content (AvgIpc) is 2.47. The molecule has 2 rings (SSSR count). The van der Waals surface area contributed by atoms with Crippen molar-refractivity contribution in [2.75, 3.05) is 32.8 Å². The third kappa shape index (κ3) is 4.46. The first kappa shape index (κ1) is 13.7. The van der Waals surface area contributed by atoms with Crippen molar-refractivity contribution in [3.8, 4) is 0 Å². The molecule has 1 N–H and O–H groups in total. The van der Waals surface area contributed by atoms with Crippen LogP contribution in [0.4, 0.5) is 0 Å².